The third kappa shape index (κ3) is 1.98. The van der Waals surface area contributed by atoms with Crippen LogP contribution in [0.5, 0.6) is 0 Å². The quantitative estimate of drug-likeness (QED) is 0.751. The van der Waals surface area contributed by atoms with Gasteiger partial charge in [0.2, 0.25) is 0 Å². The van der Waals surface area contributed by atoms with Crippen LogP contribution in [0.1, 0.15) is 12.5 Å². The smallest absolute Gasteiger partial charge is 0.165 e. The molecule has 16 heavy (non-hydrogen) atoms. The van der Waals surface area contributed by atoms with E-state index in [2.05, 4.69) is 11.0 Å². The van der Waals surface area contributed by atoms with Crippen LogP contribution >= 0.6 is 0 Å². The number of hydrogen-bond donors (Lipinski definition) is 0. The molecule has 1 aliphatic rings. The third-order valence-corrected chi connectivity index (χ3v) is 3.13. The van der Waals surface area contributed by atoms with Crippen molar-refractivity contribution >= 4 is 5.78 Å². The maximum atomic E-state index is 11.6. The SMILES string of the molecule is CC1C(C#N)C(=O)CN1Cc1ccccc1. The molecule has 0 spiro atoms. The molecule has 1 saturated heterocycles. The van der Waals surface area contributed by atoms with Gasteiger partial charge < -0.3 is 0 Å². The maximum Gasteiger partial charge on any atom is 0.165 e. The summed E-state index contributed by atoms with van der Waals surface area (Å²) in [5.41, 5.74) is 1.18. The number of benzene rings is 1. The molecule has 2 unspecified atom stereocenters. The van der Waals surface area contributed by atoms with Gasteiger partial charge in [-0.05, 0) is 12.5 Å². The minimum Gasteiger partial charge on any atom is -0.297 e. The van der Waals surface area contributed by atoms with Crippen molar-refractivity contribution in [2.24, 2.45) is 5.92 Å². The molecule has 3 nitrogen and oxygen atoms in total. The first kappa shape index (κ1) is 10.8. The van der Waals surface area contributed by atoms with E-state index in [-0.39, 0.29) is 11.8 Å². The molecule has 0 radical (unpaired) electrons. The van der Waals surface area contributed by atoms with Crippen LogP contribution in [-0.2, 0) is 11.3 Å². The van der Waals surface area contributed by atoms with Crippen molar-refractivity contribution in [2.75, 3.05) is 6.54 Å². The Bertz CT molecular complexity index is 421. The lowest BCUT2D eigenvalue weighted by atomic mass is 10.0. The monoisotopic (exact) mass is 214 g/mol. The van der Waals surface area contributed by atoms with Gasteiger partial charge in [0.05, 0.1) is 12.6 Å². The van der Waals surface area contributed by atoms with E-state index in [9.17, 15) is 4.79 Å². The van der Waals surface area contributed by atoms with Crippen molar-refractivity contribution in [3.8, 4) is 6.07 Å². The van der Waals surface area contributed by atoms with Crippen LogP contribution in [0, 0.1) is 17.2 Å². The summed E-state index contributed by atoms with van der Waals surface area (Å²) in [4.78, 5) is 13.6. The van der Waals surface area contributed by atoms with Crippen molar-refractivity contribution in [1.82, 2.24) is 4.90 Å². The zero-order valence-corrected chi connectivity index (χ0v) is 9.26. The second kappa shape index (κ2) is 4.46. The van der Waals surface area contributed by atoms with Gasteiger partial charge in [-0.2, -0.15) is 5.26 Å². The zero-order valence-electron chi connectivity index (χ0n) is 9.26. The summed E-state index contributed by atoms with van der Waals surface area (Å²) in [7, 11) is 0. The molecule has 1 fully saturated rings. The number of rotatable bonds is 2. The molecule has 2 rings (SSSR count). The van der Waals surface area contributed by atoms with Gasteiger partial charge in [-0.1, -0.05) is 30.3 Å². The first-order chi connectivity index (χ1) is 7.72. The van der Waals surface area contributed by atoms with Gasteiger partial charge in [0.25, 0.3) is 0 Å². The first-order valence-corrected chi connectivity index (χ1v) is 5.42. The number of Topliss-reactive ketones (excluding diaryl/α,β-unsaturated/α-hetero) is 1. The van der Waals surface area contributed by atoms with Gasteiger partial charge in [0, 0.05) is 12.6 Å². The fraction of sp³-hybridized carbons (Fsp3) is 0.385. The Morgan fingerprint density at radius 3 is 2.69 bits per heavy atom. The maximum absolute atomic E-state index is 11.6. The molecule has 0 bridgehead atoms. The molecule has 2 atom stereocenters. The molecule has 0 N–H and O–H groups in total. The molecule has 1 aromatic rings. The molecule has 0 aliphatic carbocycles. The normalized spacial score (nSPS) is 25.6. The number of likely N-dealkylation sites (tertiary alicyclic amines) is 1. The highest BCUT2D eigenvalue weighted by molar-refractivity contribution is 5.88. The minimum absolute atomic E-state index is 0.0257. The molecule has 1 heterocycles. The summed E-state index contributed by atoms with van der Waals surface area (Å²) < 4.78 is 0. The predicted octanol–water partition coefficient (Wildman–Crippen LogP) is 1.60. The molecular weight excluding hydrogens is 200 g/mol. The van der Waals surface area contributed by atoms with Gasteiger partial charge in [-0.25, -0.2) is 0 Å². The van der Waals surface area contributed by atoms with Gasteiger partial charge >= 0.3 is 0 Å². The summed E-state index contributed by atoms with van der Waals surface area (Å²) in [6, 6.07) is 12.1. The highest BCUT2D eigenvalue weighted by atomic mass is 16.1. The first-order valence-electron chi connectivity index (χ1n) is 5.42. The second-order valence-corrected chi connectivity index (χ2v) is 4.20. The van der Waals surface area contributed by atoms with Crippen LogP contribution in [0.3, 0.4) is 0 Å². The lowest BCUT2D eigenvalue weighted by Gasteiger charge is -2.20. The van der Waals surface area contributed by atoms with E-state index < -0.39 is 5.92 Å². The molecule has 0 amide bonds. The standard InChI is InChI=1S/C13H14N2O/c1-10-12(7-14)13(16)9-15(10)8-11-5-3-2-4-6-11/h2-6,10,12H,8-9H2,1H3. The van der Waals surface area contributed by atoms with Crippen LogP contribution in [-0.4, -0.2) is 23.3 Å². The largest absolute Gasteiger partial charge is 0.297 e. The number of hydrogen-bond acceptors (Lipinski definition) is 3. The van der Waals surface area contributed by atoms with Crippen molar-refractivity contribution in [3.05, 3.63) is 35.9 Å². The Kier molecular flexibility index (Phi) is 3.02. The van der Waals surface area contributed by atoms with E-state index in [0.29, 0.717) is 6.54 Å². The molecule has 0 aromatic heterocycles. The van der Waals surface area contributed by atoms with Crippen LogP contribution in [0.4, 0.5) is 0 Å². The van der Waals surface area contributed by atoms with E-state index in [4.69, 9.17) is 5.26 Å². The van der Waals surface area contributed by atoms with Crippen LogP contribution < -0.4 is 0 Å². The third-order valence-electron chi connectivity index (χ3n) is 3.13. The molecule has 1 aromatic carbocycles. The Morgan fingerprint density at radius 2 is 2.12 bits per heavy atom. The fourth-order valence-corrected chi connectivity index (χ4v) is 2.12. The fourth-order valence-electron chi connectivity index (χ4n) is 2.12. The van der Waals surface area contributed by atoms with Gasteiger partial charge in [-0.15, -0.1) is 0 Å². The number of carbonyl (C=O) groups is 1. The van der Waals surface area contributed by atoms with Crippen LogP contribution in [0.25, 0.3) is 0 Å². The highest BCUT2D eigenvalue weighted by Crippen LogP contribution is 2.22. The van der Waals surface area contributed by atoms with Crippen molar-refractivity contribution in [2.45, 2.75) is 19.5 Å². The lowest BCUT2D eigenvalue weighted by Crippen LogP contribution is -2.29. The molecule has 1 aliphatic heterocycles. The van der Waals surface area contributed by atoms with Crippen LogP contribution in [0.15, 0.2) is 30.3 Å². The molecule has 3 heteroatoms. The van der Waals surface area contributed by atoms with E-state index in [0.717, 1.165) is 6.54 Å². The molecular formula is C13H14N2O. The Hall–Kier alpha value is -1.66. The average molecular weight is 214 g/mol. The lowest BCUT2D eigenvalue weighted by molar-refractivity contribution is -0.118. The number of carbonyl (C=O) groups excluding carboxylic acids is 1. The van der Waals surface area contributed by atoms with Crippen molar-refractivity contribution < 1.29 is 4.79 Å². The second-order valence-electron chi connectivity index (χ2n) is 4.20. The van der Waals surface area contributed by atoms with E-state index in [1.807, 2.05) is 37.3 Å². The summed E-state index contributed by atoms with van der Waals surface area (Å²) in [6.07, 6.45) is 0. The topological polar surface area (TPSA) is 44.1 Å². The summed E-state index contributed by atoms with van der Waals surface area (Å²) in [5.74, 6) is -0.408. The van der Waals surface area contributed by atoms with Crippen molar-refractivity contribution in [1.29, 1.82) is 5.26 Å². The summed E-state index contributed by atoms with van der Waals surface area (Å²) >= 11 is 0. The number of nitrogens with zero attached hydrogens (tertiary/aromatic N) is 2. The van der Waals surface area contributed by atoms with E-state index in [1.165, 1.54) is 5.56 Å². The predicted molar refractivity (Wildman–Crippen MR) is 60.4 cm³/mol. The zero-order chi connectivity index (χ0) is 11.5. The van der Waals surface area contributed by atoms with Gasteiger partial charge in [0.1, 0.15) is 5.92 Å². The van der Waals surface area contributed by atoms with Gasteiger partial charge in [-0.3, -0.25) is 9.69 Å². The number of nitriles is 1. The van der Waals surface area contributed by atoms with E-state index in [1.54, 1.807) is 0 Å². The number of ketones is 1. The summed E-state index contributed by atoms with van der Waals surface area (Å²) in [5, 5.41) is 8.89. The van der Waals surface area contributed by atoms with Crippen molar-refractivity contribution in [3.63, 3.8) is 0 Å². The minimum atomic E-state index is -0.455. The summed E-state index contributed by atoms with van der Waals surface area (Å²) in [6.45, 7) is 3.09. The van der Waals surface area contributed by atoms with Gasteiger partial charge in [0.15, 0.2) is 5.78 Å². The Morgan fingerprint density at radius 1 is 1.44 bits per heavy atom. The highest BCUT2D eigenvalue weighted by Gasteiger charge is 2.37. The average Bonchev–Trinajstić information content (AvgIpc) is 2.55. The molecule has 82 valence electrons. The van der Waals surface area contributed by atoms with Crippen LogP contribution in [0.2, 0.25) is 0 Å². The van der Waals surface area contributed by atoms with E-state index >= 15 is 0 Å². The Labute approximate surface area is 95.3 Å². The molecule has 0 saturated carbocycles. The Balaban J connectivity index is 2.08.